The third kappa shape index (κ3) is 6.91. The van der Waals surface area contributed by atoms with Gasteiger partial charge in [0, 0.05) is 25.5 Å². The largest absolute Gasteiger partial charge is 0.377 e. The van der Waals surface area contributed by atoms with E-state index in [-0.39, 0.29) is 29.8 Å². The Labute approximate surface area is 129 Å². The fraction of sp³-hybridized carbons (Fsp3) is 0.933. The number of hydrogen-bond donors (Lipinski definition) is 2. The molecule has 5 heteroatoms. The van der Waals surface area contributed by atoms with Gasteiger partial charge < -0.3 is 15.4 Å². The van der Waals surface area contributed by atoms with Crippen LogP contribution in [0.1, 0.15) is 46.5 Å². The number of amides is 1. The smallest absolute Gasteiger partial charge is 0.220 e. The van der Waals surface area contributed by atoms with Crippen molar-refractivity contribution in [3.05, 3.63) is 0 Å². The molecular weight excluding hydrogens is 276 g/mol. The normalized spacial score (nSPS) is 23.0. The standard InChI is InChI=1S/C15H30N2O2.ClH/c1-15(2,3)14-12(7-6-10-19-14)11-17-13(18)8-5-9-16-4;/h12,14,16H,5-11H2,1-4H3,(H,17,18);1H. The predicted octanol–water partition coefficient (Wildman–Crippen LogP) is 2.37. The van der Waals surface area contributed by atoms with Gasteiger partial charge >= 0.3 is 0 Å². The lowest BCUT2D eigenvalue weighted by Gasteiger charge is -2.40. The molecule has 0 spiro atoms. The molecule has 1 amide bonds. The lowest BCUT2D eigenvalue weighted by molar-refractivity contribution is -0.123. The molecule has 1 heterocycles. The zero-order valence-electron chi connectivity index (χ0n) is 13.3. The molecule has 1 aliphatic heterocycles. The summed E-state index contributed by atoms with van der Waals surface area (Å²) < 4.78 is 5.92. The molecule has 120 valence electrons. The monoisotopic (exact) mass is 306 g/mol. The maximum absolute atomic E-state index is 11.7. The summed E-state index contributed by atoms with van der Waals surface area (Å²) in [4.78, 5) is 11.7. The van der Waals surface area contributed by atoms with Gasteiger partial charge in [0.2, 0.25) is 5.91 Å². The minimum atomic E-state index is 0. The number of hydrogen-bond acceptors (Lipinski definition) is 3. The summed E-state index contributed by atoms with van der Waals surface area (Å²) in [6, 6.07) is 0. The fourth-order valence-electron chi connectivity index (χ4n) is 2.77. The van der Waals surface area contributed by atoms with Gasteiger partial charge in [0.15, 0.2) is 0 Å². The third-order valence-corrected chi connectivity index (χ3v) is 3.69. The topological polar surface area (TPSA) is 50.4 Å². The molecule has 0 aromatic heterocycles. The van der Waals surface area contributed by atoms with Gasteiger partial charge in [-0.15, -0.1) is 12.4 Å². The molecule has 1 rings (SSSR count). The molecule has 1 aliphatic rings. The highest BCUT2D eigenvalue weighted by Crippen LogP contribution is 2.33. The van der Waals surface area contributed by atoms with E-state index in [0.717, 1.165) is 39.0 Å². The summed E-state index contributed by atoms with van der Waals surface area (Å²) in [6.45, 7) is 9.14. The number of rotatable bonds is 6. The second-order valence-corrected chi connectivity index (χ2v) is 6.57. The molecule has 1 saturated heterocycles. The van der Waals surface area contributed by atoms with Crippen molar-refractivity contribution in [2.75, 3.05) is 26.7 Å². The first-order valence-electron chi connectivity index (χ1n) is 7.48. The average Bonchev–Trinajstić information content (AvgIpc) is 2.36. The van der Waals surface area contributed by atoms with Crippen molar-refractivity contribution in [2.45, 2.75) is 52.6 Å². The van der Waals surface area contributed by atoms with Gasteiger partial charge in [-0.1, -0.05) is 20.8 Å². The highest BCUT2D eigenvalue weighted by molar-refractivity contribution is 5.85. The molecular formula is C15H31ClN2O2. The van der Waals surface area contributed by atoms with Crippen LogP contribution in [-0.4, -0.2) is 38.8 Å². The first kappa shape index (κ1) is 19.7. The van der Waals surface area contributed by atoms with Crippen molar-refractivity contribution in [3.63, 3.8) is 0 Å². The van der Waals surface area contributed by atoms with Gasteiger partial charge in [-0.25, -0.2) is 0 Å². The Hall–Kier alpha value is -0.320. The van der Waals surface area contributed by atoms with E-state index in [2.05, 4.69) is 31.4 Å². The first-order valence-corrected chi connectivity index (χ1v) is 7.48. The van der Waals surface area contributed by atoms with Crippen LogP contribution in [0.3, 0.4) is 0 Å². The number of nitrogens with one attached hydrogen (secondary N) is 2. The Bertz CT molecular complexity index is 280. The zero-order valence-corrected chi connectivity index (χ0v) is 14.1. The van der Waals surface area contributed by atoms with Gasteiger partial charge in [0.05, 0.1) is 6.10 Å². The van der Waals surface area contributed by atoms with E-state index in [1.54, 1.807) is 0 Å². The molecule has 2 atom stereocenters. The third-order valence-electron chi connectivity index (χ3n) is 3.69. The van der Waals surface area contributed by atoms with Gasteiger partial charge in [0.1, 0.15) is 0 Å². The van der Waals surface area contributed by atoms with Crippen LogP contribution in [0.4, 0.5) is 0 Å². The molecule has 0 saturated carbocycles. The second-order valence-electron chi connectivity index (χ2n) is 6.57. The highest BCUT2D eigenvalue weighted by atomic mass is 35.5. The van der Waals surface area contributed by atoms with Gasteiger partial charge in [-0.3, -0.25) is 4.79 Å². The van der Waals surface area contributed by atoms with E-state index in [1.807, 2.05) is 7.05 Å². The van der Waals surface area contributed by atoms with E-state index in [1.165, 1.54) is 0 Å². The van der Waals surface area contributed by atoms with Crippen molar-refractivity contribution in [1.29, 1.82) is 0 Å². The molecule has 2 unspecified atom stereocenters. The molecule has 2 N–H and O–H groups in total. The molecule has 0 radical (unpaired) electrons. The predicted molar refractivity (Wildman–Crippen MR) is 85.3 cm³/mol. The fourth-order valence-corrected chi connectivity index (χ4v) is 2.77. The maximum Gasteiger partial charge on any atom is 0.220 e. The first-order chi connectivity index (χ1) is 8.95. The molecule has 0 aromatic carbocycles. The number of carbonyl (C=O) groups excluding carboxylic acids is 1. The Kier molecular flexibility index (Phi) is 9.43. The SMILES string of the molecule is CNCCCC(=O)NCC1CCCOC1C(C)(C)C.Cl. The minimum absolute atomic E-state index is 0. The minimum Gasteiger partial charge on any atom is -0.377 e. The second kappa shape index (κ2) is 9.59. The summed E-state index contributed by atoms with van der Waals surface area (Å²) >= 11 is 0. The van der Waals surface area contributed by atoms with Crippen molar-refractivity contribution in [3.8, 4) is 0 Å². The van der Waals surface area contributed by atoms with Crippen molar-refractivity contribution < 1.29 is 9.53 Å². The molecule has 0 bridgehead atoms. The summed E-state index contributed by atoms with van der Waals surface area (Å²) in [7, 11) is 1.91. The molecule has 1 fully saturated rings. The lowest BCUT2D eigenvalue weighted by Crippen LogP contribution is -2.45. The summed E-state index contributed by atoms with van der Waals surface area (Å²) in [5.41, 5.74) is 0.141. The van der Waals surface area contributed by atoms with Gasteiger partial charge in [-0.05, 0) is 38.3 Å². The van der Waals surface area contributed by atoms with Gasteiger partial charge in [0.25, 0.3) is 0 Å². The van der Waals surface area contributed by atoms with E-state index < -0.39 is 0 Å². The summed E-state index contributed by atoms with van der Waals surface area (Å²) in [5, 5.41) is 6.12. The van der Waals surface area contributed by atoms with E-state index in [4.69, 9.17) is 4.74 Å². The summed E-state index contributed by atoms with van der Waals surface area (Å²) in [5.74, 6) is 0.607. The van der Waals surface area contributed by atoms with E-state index in [0.29, 0.717) is 12.3 Å². The van der Waals surface area contributed by atoms with Gasteiger partial charge in [-0.2, -0.15) is 0 Å². The Morgan fingerprint density at radius 3 is 2.65 bits per heavy atom. The van der Waals surface area contributed by atoms with Crippen LogP contribution in [0.2, 0.25) is 0 Å². The van der Waals surface area contributed by atoms with Crippen molar-refractivity contribution >= 4 is 18.3 Å². The molecule has 20 heavy (non-hydrogen) atoms. The van der Waals surface area contributed by atoms with Crippen LogP contribution < -0.4 is 10.6 Å². The Morgan fingerprint density at radius 2 is 2.05 bits per heavy atom. The van der Waals surface area contributed by atoms with Crippen LogP contribution in [0.15, 0.2) is 0 Å². The molecule has 4 nitrogen and oxygen atoms in total. The summed E-state index contributed by atoms with van der Waals surface area (Å²) in [6.07, 6.45) is 4.01. The van der Waals surface area contributed by atoms with E-state index in [9.17, 15) is 4.79 Å². The van der Waals surface area contributed by atoms with Crippen LogP contribution in [0.5, 0.6) is 0 Å². The van der Waals surface area contributed by atoms with Crippen LogP contribution >= 0.6 is 12.4 Å². The van der Waals surface area contributed by atoms with Crippen molar-refractivity contribution in [2.24, 2.45) is 11.3 Å². The molecule has 0 aromatic rings. The highest BCUT2D eigenvalue weighted by Gasteiger charge is 2.35. The number of halogens is 1. The number of carbonyl (C=O) groups is 1. The average molecular weight is 307 g/mol. The quantitative estimate of drug-likeness (QED) is 0.741. The molecule has 0 aliphatic carbocycles. The van der Waals surface area contributed by atoms with Crippen LogP contribution in [0, 0.1) is 11.3 Å². The zero-order chi connectivity index (χ0) is 14.3. The van der Waals surface area contributed by atoms with Crippen molar-refractivity contribution in [1.82, 2.24) is 10.6 Å². The maximum atomic E-state index is 11.7. The number of ether oxygens (including phenoxy) is 1. The Balaban J connectivity index is 0.00000361. The van der Waals surface area contributed by atoms with Crippen LogP contribution in [-0.2, 0) is 9.53 Å². The van der Waals surface area contributed by atoms with Crippen LogP contribution in [0.25, 0.3) is 0 Å². The van der Waals surface area contributed by atoms with E-state index >= 15 is 0 Å². The lowest BCUT2D eigenvalue weighted by atomic mass is 9.78. The Morgan fingerprint density at radius 1 is 1.35 bits per heavy atom.